The molecule has 2 atom stereocenters. The number of carbonyl (C=O) groups excluding carboxylic acids is 1. The van der Waals surface area contributed by atoms with E-state index in [0.717, 1.165) is 19.3 Å². The van der Waals surface area contributed by atoms with Crippen LogP contribution < -0.4 is 0 Å². The van der Waals surface area contributed by atoms with Crippen LogP contribution in [-0.2, 0) is 16.0 Å². The van der Waals surface area contributed by atoms with Crippen LogP contribution in [0.25, 0.3) is 0 Å². The Hall–Kier alpha value is -1.84. The average Bonchev–Trinajstić information content (AvgIpc) is 2.91. The molecule has 1 N–H and O–H groups in total. The molecule has 1 aromatic carbocycles. The van der Waals surface area contributed by atoms with Gasteiger partial charge in [-0.3, -0.25) is 9.59 Å². The minimum atomic E-state index is -0.806. The quantitative estimate of drug-likeness (QED) is 0.879. The predicted molar refractivity (Wildman–Crippen MR) is 85.5 cm³/mol. The third kappa shape index (κ3) is 3.87. The molecule has 0 aliphatic carbocycles. The molecule has 0 spiro atoms. The molecule has 0 saturated carbocycles. The topological polar surface area (TPSA) is 57.6 Å². The van der Waals surface area contributed by atoms with Gasteiger partial charge in [0, 0.05) is 19.0 Å². The molecule has 0 radical (unpaired) electrons. The van der Waals surface area contributed by atoms with E-state index in [2.05, 4.69) is 12.1 Å². The van der Waals surface area contributed by atoms with Crippen molar-refractivity contribution in [3.05, 3.63) is 35.9 Å². The molecule has 2 unspecified atom stereocenters. The first-order valence-electron chi connectivity index (χ1n) is 7.98. The summed E-state index contributed by atoms with van der Waals surface area (Å²) >= 11 is 0. The molecule has 4 heteroatoms. The van der Waals surface area contributed by atoms with Crippen molar-refractivity contribution < 1.29 is 14.7 Å². The number of benzene rings is 1. The van der Waals surface area contributed by atoms with E-state index in [1.165, 1.54) is 5.56 Å². The number of carboxylic acid groups (broad SMARTS) is 1. The first-order valence-corrected chi connectivity index (χ1v) is 7.98. The first-order chi connectivity index (χ1) is 10.4. The number of hydrogen-bond donors (Lipinski definition) is 1. The van der Waals surface area contributed by atoms with Gasteiger partial charge in [-0.25, -0.2) is 0 Å². The van der Waals surface area contributed by atoms with Gasteiger partial charge in [0.2, 0.25) is 5.91 Å². The molecular weight excluding hydrogens is 278 g/mol. The summed E-state index contributed by atoms with van der Waals surface area (Å²) in [7, 11) is 0. The van der Waals surface area contributed by atoms with E-state index in [9.17, 15) is 14.7 Å². The normalized spacial score (nSPS) is 22.5. The summed E-state index contributed by atoms with van der Waals surface area (Å²) in [6.45, 7) is 4.57. The van der Waals surface area contributed by atoms with E-state index in [1.807, 2.05) is 25.1 Å². The molecule has 1 aliphatic rings. The largest absolute Gasteiger partial charge is 0.481 e. The van der Waals surface area contributed by atoms with Gasteiger partial charge >= 0.3 is 5.97 Å². The van der Waals surface area contributed by atoms with Gasteiger partial charge in [-0.2, -0.15) is 0 Å². The highest BCUT2D eigenvalue weighted by Crippen LogP contribution is 2.31. The molecule has 22 heavy (non-hydrogen) atoms. The Balaban J connectivity index is 1.79. The second-order valence-corrected chi connectivity index (χ2v) is 6.65. The van der Waals surface area contributed by atoms with Gasteiger partial charge in [-0.05, 0) is 38.2 Å². The Labute approximate surface area is 132 Å². The van der Waals surface area contributed by atoms with Crippen LogP contribution in [-0.4, -0.2) is 35.0 Å². The minimum Gasteiger partial charge on any atom is -0.481 e. The summed E-state index contributed by atoms with van der Waals surface area (Å²) in [4.78, 5) is 25.4. The number of aliphatic carboxylic acids is 1. The second kappa shape index (κ2) is 6.95. The number of carbonyl (C=O) groups is 2. The fourth-order valence-electron chi connectivity index (χ4n) is 3.02. The lowest BCUT2D eigenvalue weighted by atomic mass is 9.90. The summed E-state index contributed by atoms with van der Waals surface area (Å²) in [6.07, 6.45) is 3.34. The summed E-state index contributed by atoms with van der Waals surface area (Å²) in [5.41, 5.74) is 0.515. The summed E-state index contributed by atoms with van der Waals surface area (Å²) < 4.78 is 0. The highest BCUT2D eigenvalue weighted by molar-refractivity contribution is 5.81. The van der Waals surface area contributed by atoms with E-state index in [0.29, 0.717) is 19.5 Å². The summed E-state index contributed by atoms with van der Waals surface area (Å²) in [5, 5.41) is 9.24. The third-order valence-electron chi connectivity index (χ3n) is 4.67. The van der Waals surface area contributed by atoms with Gasteiger partial charge in [0.1, 0.15) is 0 Å². The van der Waals surface area contributed by atoms with Gasteiger partial charge in [0.15, 0.2) is 0 Å². The standard InChI is InChI=1S/C18H25NO3/c1-14(7-6-10-15-8-4-3-5-9-15)16(20)19-12-11-18(2,13-19)17(21)22/h3-5,8-9,14H,6-7,10-13H2,1-2H3,(H,21,22). The van der Waals surface area contributed by atoms with Crippen LogP contribution in [0.2, 0.25) is 0 Å². The van der Waals surface area contributed by atoms with Crippen LogP contribution in [0, 0.1) is 11.3 Å². The number of nitrogens with zero attached hydrogens (tertiary/aromatic N) is 1. The summed E-state index contributed by atoms with van der Waals surface area (Å²) in [5.74, 6) is -0.752. The van der Waals surface area contributed by atoms with Crippen molar-refractivity contribution in [1.82, 2.24) is 4.90 Å². The average molecular weight is 303 g/mol. The highest BCUT2D eigenvalue weighted by Gasteiger charge is 2.42. The second-order valence-electron chi connectivity index (χ2n) is 6.65. The molecule has 1 fully saturated rings. The molecule has 1 aliphatic heterocycles. The smallest absolute Gasteiger partial charge is 0.311 e. The van der Waals surface area contributed by atoms with E-state index in [4.69, 9.17) is 0 Å². The van der Waals surface area contributed by atoms with Crippen molar-refractivity contribution in [2.24, 2.45) is 11.3 Å². The van der Waals surface area contributed by atoms with Gasteiger partial charge in [-0.1, -0.05) is 37.3 Å². The van der Waals surface area contributed by atoms with Crippen molar-refractivity contribution >= 4 is 11.9 Å². The van der Waals surface area contributed by atoms with Crippen molar-refractivity contribution in [3.8, 4) is 0 Å². The van der Waals surface area contributed by atoms with Crippen molar-refractivity contribution in [3.63, 3.8) is 0 Å². The van der Waals surface area contributed by atoms with Gasteiger partial charge < -0.3 is 10.0 Å². The van der Waals surface area contributed by atoms with E-state index >= 15 is 0 Å². The maximum absolute atomic E-state index is 12.4. The summed E-state index contributed by atoms with van der Waals surface area (Å²) in [6, 6.07) is 10.3. The number of hydrogen-bond acceptors (Lipinski definition) is 2. The molecule has 1 saturated heterocycles. The number of rotatable bonds is 6. The number of amides is 1. The van der Waals surface area contributed by atoms with Crippen molar-refractivity contribution in [1.29, 1.82) is 0 Å². The Morgan fingerprint density at radius 1 is 1.32 bits per heavy atom. The number of carboxylic acids is 1. The van der Waals surface area contributed by atoms with Crippen LogP contribution in [0.1, 0.15) is 38.7 Å². The number of aryl methyl sites for hydroxylation is 1. The van der Waals surface area contributed by atoms with Crippen molar-refractivity contribution in [2.45, 2.75) is 39.5 Å². The van der Waals surface area contributed by atoms with Crippen LogP contribution >= 0.6 is 0 Å². The Bertz CT molecular complexity index is 528. The maximum atomic E-state index is 12.4. The Morgan fingerprint density at radius 2 is 2.00 bits per heavy atom. The molecule has 120 valence electrons. The lowest BCUT2D eigenvalue weighted by Gasteiger charge is -2.23. The maximum Gasteiger partial charge on any atom is 0.311 e. The lowest BCUT2D eigenvalue weighted by molar-refractivity contribution is -0.147. The fourth-order valence-corrected chi connectivity index (χ4v) is 3.02. The lowest BCUT2D eigenvalue weighted by Crippen LogP contribution is -2.37. The van der Waals surface area contributed by atoms with Gasteiger partial charge in [0.25, 0.3) is 0 Å². The fraction of sp³-hybridized carbons (Fsp3) is 0.556. The molecule has 1 heterocycles. The third-order valence-corrected chi connectivity index (χ3v) is 4.67. The van der Waals surface area contributed by atoms with Crippen LogP contribution in [0.4, 0.5) is 0 Å². The highest BCUT2D eigenvalue weighted by atomic mass is 16.4. The number of likely N-dealkylation sites (tertiary alicyclic amines) is 1. The molecular formula is C18H25NO3. The molecule has 2 rings (SSSR count). The first kappa shape index (κ1) is 16.5. The Kier molecular flexibility index (Phi) is 5.22. The molecule has 1 amide bonds. The van der Waals surface area contributed by atoms with E-state index in [-0.39, 0.29) is 11.8 Å². The predicted octanol–water partition coefficient (Wildman–Crippen LogP) is 2.97. The van der Waals surface area contributed by atoms with Gasteiger partial charge in [0.05, 0.1) is 5.41 Å². The monoisotopic (exact) mass is 303 g/mol. The van der Waals surface area contributed by atoms with E-state index in [1.54, 1.807) is 11.8 Å². The molecule has 0 bridgehead atoms. The zero-order valence-corrected chi connectivity index (χ0v) is 13.4. The SMILES string of the molecule is CC(CCCc1ccccc1)C(=O)N1CCC(C)(C(=O)O)C1. The van der Waals surface area contributed by atoms with Gasteiger partial charge in [-0.15, -0.1) is 0 Å². The Morgan fingerprint density at radius 3 is 2.59 bits per heavy atom. The zero-order chi connectivity index (χ0) is 16.2. The van der Waals surface area contributed by atoms with Crippen LogP contribution in [0.5, 0.6) is 0 Å². The zero-order valence-electron chi connectivity index (χ0n) is 13.4. The minimum absolute atomic E-state index is 0.0418. The van der Waals surface area contributed by atoms with Crippen LogP contribution in [0.15, 0.2) is 30.3 Å². The van der Waals surface area contributed by atoms with E-state index < -0.39 is 11.4 Å². The molecule has 0 aromatic heterocycles. The van der Waals surface area contributed by atoms with Crippen molar-refractivity contribution in [2.75, 3.05) is 13.1 Å². The molecule has 4 nitrogen and oxygen atoms in total. The molecule has 1 aromatic rings. The van der Waals surface area contributed by atoms with Crippen LogP contribution in [0.3, 0.4) is 0 Å².